The molecule has 11 heavy (non-hydrogen) atoms. The fourth-order valence-electron chi connectivity index (χ4n) is 2.49. The SMILES string of the molecule is CC(C)N1CC2(CC(N)C2)C1. The van der Waals surface area contributed by atoms with Crippen molar-refractivity contribution < 1.29 is 0 Å². The van der Waals surface area contributed by atoms with Crippen molar-refractivity contribution in [3.05, 3.63) is 0 Å². The number of hydrogen-bond donors (Lipinski definition) is 1. The zero-order chi connectivity index (χ0) is 8.06. The average molecular weight is 154 g/mol. The van der Waals surface area contributed by atoms with Gasteiger partial charge in [-0.15, -0.1) is 0 Å². The van der Waals surface area contributed by atoms with Crippen LogP contribution in [0, 0.1) is 5.41 Å². The molecular formula is C9H18N2. The highest BCUT2D eigenvalue weighted by Crippen LogP contribution is 2.47. The van der Waals surface area contributed by atoms with Crippen molar-refractivity contribution in [3.63, 3.8) is 0 Å². The van der Waals surface area contributed by atoms with Crippen LogP contribution in [0.5, 0.6) is 0 Å². The summed E-state index contributed by atoms with van der Waals surface area (Å²) in [7, 11) is 0. The number of likely N-dealkylation sites (tertiary alicyclic amines) is 1. The van der Waals surface area contributed by atoms with E-state index >= 15 is 0 Å². The normalized spacial score (nSPS) is 30.5. The van der Waals surface area contributed by atoms with Crippen LogP contribution in [0.2, 0.25) is 0 Å². The summed E-state index contributed by atoms with van der Waals surface area (Å²) in [6.07, 6.45) is 2.55. The summed E-state index contributed by atoms with van der Waals surface area (Å²) >= 11 is 0. The number of rotatable bonds is 1. The molecular weight excluding hydrogens is 136 g/mol. The van der Waals surface area contributed by atoms with E-state index in [1.54, 1.807) is 0 Å². The first kappa shape index (κ1) is 7.56. The largest absolute Gasteiger partial charge is 0.328 e. The van der Waals surface area contributed by atoms with E-state index in [0.29, 0.717) is 11.5 Å². The van der Waals surface area contributed by atoms with Crippen LogP contribution in [-0.2, 0) is 0 Å². The van der Waals surface area contributed by atoms with E-state index in [1.807, 2.05) is 0 Å². The summed E-state index contributed by atoms with van der Waals surface area (Å²) < 4.78 is 0. The quantitative estimate of drug-likeness (QED) is 0.606. The van der Waals surface area contributed by atoms with Crippen molar-refractivity contribution in [2.75, 3.05) is 13.1 Å². The fraction of sp³-hybridized carbons (Fsp3) is 1.00. The summed E-state index contributed by atoms with van der Waals surface area (Å²) in [6.45, 7) is 7.15. The highest BCUT2D eigenvalue weighted by Gasteiger charge is 2.51. The minimum atomic E-state index is 0.518. The molecule has 1 heterocycles. The smallest absolute Gasteiger partial charge is 0.00544 e. The van der Waals surface area contributed by atoms with E-state index in [1.165, 1.54) is 25.9 Å². The lowest BCUT2D eigenvalue weighted by Gasteiger charge is -2.59. The van der Waals surface area contributed by atoms with Crippen molar-refractivity contribution >= 4 is 0 Å². The second-order valence-electron chi connectivity index (χ2n) is 4.67. The molecule has 2 nitrogen and oxygen atoms in total. The third kappa shape index (κ3) is 1.09. The van der Waals surface area contributed by atoms with Crippen molar-refractivity contribution in [3.8, 4) is 0 Å². The van der Waals surface area contributed by atoms with Gasteiger partial charge in [0.25, 0.3) is 0 Å². The van der Waals surface area contributed by atoms with Gasteiger partial charge in [-0.2, -0.15) is 0 Å². The summed E-state index contributed by atoms with van der Waals surface area (Å²) in [5, 5.41) is 0. The lowest BCUT2D eigenvalue weighted by atomic mass is 9.61. The number of hydrogen-bond acceptors (Lipinski definition) is 2. The maximum atomic E-state index is 5.77. The van der Waals surface area contributed by atoms with Crippen LogP contribution in [0.1, 0.15) is 26.7 Å². The average Bonchev–Trinajstić information content (AvgIpc) is 1.73. The molecule has 0 amide bonds. The zero-order valence-corrected chi connectivity index (χ0v) is 7.51. The molecule has 0 aromatic carbocycles. The van der Waals surface area contributed by atoms with Gasteiger partial charge in [-0.25, -0.2) is 0 Å². The van der Waals surface area contributed by atoms with Crippen LogP contribution in [0.3, 0.4) is 0 Å². The van der Waals surface area contributed by atoms with Gasteiger partial charge in [0.05, 0.1) is 0 Å². The molecule has 0 bridgehead atoms. The third-order valence-electron chi connectivity index (χ3n) is 3.20. The summed E-state index contributed by atoms with van der Waals surface area (Å²) in [5.41, 5.74) is 6.44. The van der Waals surface area contributed by atoms with Gasteiger partial charge < -0.3 is 5.73 Å². The minimum Gasteiger partial charge on any atom is -0.328 e. The molecule has 1 spiro atoms. The van der Waals surface area contributed by atoms with Crippen molar-refractivity contribution in [1.82, 2.24) is 4.90 Å². The monoisotopic (exact) mass is 154 g/mol. The number of nitrogens with zero attached hydrogens (tertiary/aromatic N) is 1. The van der Waals surface area contributed by atoms with Crippen LogP contribution in [0.15, 0.2) is 0 Å². The van der Waals surface area contributed by atoms with Crippen LogP contribution in [-0.4, -0.2) is 30.1 Å². The highest BCUT2D eigenvalue weighted by molar-refractivity contribution is 5.06. The van der Waals surface area contributed by atoms with E-state index < -0.39 is 0 Å². The minimum absolute atomic E-state index is 0.518. The Morgan fingerprint density at radius 1 is 1.36 bits per heavy atom. The Bertz CT molecular complexity index is 151. The second kappa shape index (κ2) is 2.20. The molecule has 2 aliphatic rings. The first-order valence-corrected chi connectivity index (χ1v) is 4.61. The second-order valence-corrected chi connectivity index (χ2v) is 4.67. The van der Waals surface area contributed by atoms with E-state index in [-0.39, 0.29) is 0 Å². The van der Waals surface area contributed by atoms with Gasteiger partial charge >= 0.3 is 0 Å². The molecule has 0 atom stereocenters. The maximum Gasteiger partial charge on any atom is 0.00544 e. The summed E-state index contributed by atoms with van der Waals surface area (Å²) in [4.78, 5) is 2.53. The Balaban J connectivity index is 1.80. The lowest BCUT2D eigenvalue weighted by Crippen LogP contribution is -2.66. The van der Waals surface area contributed by atoms with E-state index in [0.717, 1.165) is 6.04 Å². The molecule has 2 rings (SSSR count). The Morgan fingerprint density at radius 2 is 1.91 bits per heavy atom. The first-order chi connectivity index (χ1) is 5.11. The molecule has 64 valence electrons. The topological polar surface area (TPSA) is 29.3 Å². The highest BCUT2D eigenvalue weighted by atomic mass is 15.2. The molecule has 0 aromatic heterocycles. The molecule has 2 heteroatoms. The molecule has 2 fully saturated rings. The van der Waals surface area contributed by atoms with Gasteiger partial charge in [0.15, 0.2) is 0 Å². The van der Waals surface area contributed by atoms with Crippen LogP contribution >= 0.6 is 0 Å². The van der Waals surface area contributed by atoms with Gasteiger partial charge in [0, 0.05) is 25.2 Å². The van der Waals surface area contributed by atoms with Crippen LogP contribution in [0.25, 0.3) is 0 Å². The molecule has 1 saturated heterocycles. The Morgan fingerprint density at radius 3 is 2.27 bits per heavy atom. The van der Waals surface area contributed by atoms with Gasteiger partial charge in [-0.05, 0) is 32.1 Å². The van der Waals surface area contributed by atoms with E-state index in [9.17, 15) is 0 Å². The lowest BCUT2D eigenvalue weighted by molar-refractivity contribution is -0.0857. The Labute approximate surface area is 68.7 Å². The van der Waals surface area contributed by atoms with Crippen molar-refractivity contribution in [1.29, 1.82) is 0 Å². The predicted octanol–water partition coefficient (Wildman–Crippen LogP) is 0.818. The van der Waals surface area contributed by atoms with Crippen molar-refractivity contribution in [2.45, 2.75) is 38.8 Å². The summed E-state index contributed by atoms with van der Waals surface area (Å²) in [6, 6.07) is 1.25. The predicted molar refractivity (Wildman–Crippen MR) is 46.4 cm³/mol. The first-order valence-electron chi connectivity index (χ1n) is 4.61. The van der Waals surface area contributed by atoms with Gasteiger partial charge in [-0.3, -0.25) is 4.90 Å². The molecule has 0 radical (unpaired) electrons. The summed E-state index contributed by atoms with van der Waals surface area (Å²) in [5.74, 6) is 0. The van der Waals surface area contributed by atoms with Crippen LogP contribution in [0.4, 0.5) is 0 Å². The maximum absolute atomic E-state index is 5.77. The Kier molecular flexibility index (Phi) is 1.52. The molecule has 1 saturated carbocycles. The molecule has 0 unspecified atom stereocenters. The van der Waals surface area contributed by atoms with Crippen molar-refractivity contribution in [2.24, 2.45) is 11.1 Å². The van der Waals surface area contributed by atoms with Crippen LogP contribution < -0.4 is 5.73 Å². The number of nitrogens with two attached hydrogens (primary N) is 1. The van der Waals surface area contributed by atoms with Gasteiger partial charge in [0.2, 0.25) is 0 Å². The zero-order valence-electron chi connectivity index (χ0n) is 7.51. The van der Waals surface area contributed by atoms with E-state index in [2.05, 4.69) is 18.7 Å². The van der Waals surface area contributed by atoms with Gasteiger partial charge in [0.1, 0.15) is 0 Å². The van der Waals surface area contributed by atoms with E-state index in [4.69, 9.17) is 5.73 Å². The third-order valence-corrected chi connectivity index (χ3v) is 3.20. The molecule has 1 aliphatic heterocycles. The Hall–Kier alpha value is -0.0800. The standard InChI is InChI=1S/C9H18N2/c1-7(2)11-5-9(6-11)3-8(10)4-9/h7-8H,3-6,10H2,1-2H3. The molecule has 2 N–H and O–H groups in total. The molecule has 0 aromatic rings. The van der Waals surface area contributed by atoms with Gasteiger partial charge in [-0.1, -0.05) is 0 Å². The molecule has 1 aliphatic carbocycles. The fourth-order valence-corrected chi connectivity index (χ4v) is 2.49.